The number of rotatable bonds is 9. The predicted octanol–water partition coefficient (Wildman–Crippen LogP) is 4.19. The zero-order valence-electron chi connectivity index (χ0n) is 18.6. The normalized spacial score (nSPS) is 18.2. The minimum atomic E-state index is -4.44. The van der Waals surface area contributed by atoms with Gasteiger partial charge in [-0.25, -0.2) is 0 Å². The Morgan fingerprint density at radius 3 is 2.44 bits per heavy atom. The van der Waals surface area contributed by atoms with Crippen molar-refractivity contribution >= 4 is 5.91 Å². The first-order valence-corrected chi connectivity index (χ1v) is 10.7. The number of benzene rings is 1. The van der Waals surface area contributed by atoms with Crippen LogP contribution in [-0.2, 0) is 11.2 Å². The van der Waals surface area contributed by atoms with Crippen LogP contribution in [0.5, 0.6) is 5.75 Å². The fourth-order valence-corrected chi connectivity index (χ4v) is 4.75. The molecule has 0 spiro atoms. The first-order valence-electron chi connectivity index (χ1n) is 10.7. The number of nitrogens with zero attached hydrogens (tertiary/aromatic N) is 2. The number of hydrogen-bond donors (Lipinski definition) is 2. The minimum Gasteiger partial charge on any atom is -0.508 e. The monoisotopic (exact) mass is 449 g/mol. The lowest BCUT2D eigenvalue weighted by Gasteiger charge is -2.37. The molecule has 0 bridgehead atoms. The average Bonchev–Trinajstić information content (AvgIpc) is 3.50. The number of aromatic hydroxyl groups is 1. The Hall–Kier alpha value is -2.61. The Morgan fingerprint density at radius 1 is 1.28 bits per heavy atom. The SMILES string of the molecule is Cc1cc(O)ccc1C[C@H](CC(C(N)=O)C(c1cccnc1)C1(C(F)(F)F)CC1)N(C)C. The second-order valence-corrected chi connectivity index (χ2v) is 9.09. The Labute approximate surface area is 186 Å². The molecule has 8 heteroatoms. The quantitative estimate of drug-likeness (QED) is 0.602. The summed E-state index contributed by atoms with van der Waals surface area (Å²) in [7, 11) is 3.68. The van der Waals surface area contributed by atoms with Crippen LogP contribution in [0, 0.1) is 18.3 Å². The summed E-state index contributed by atoms with van der Waals surface area (Å²) >= 11 is 0. The molecule has 1 saturated carbocycles. The molecule has 0 radical (unpaired) electrons. The molecule has 5 nitrogen and oxygen atoms in total. The third-order valence-electron chi connectivity index (χ3n) is 6.80. The van der Waals surface area contributed by atoms with E-state index in [1.807, 2.05) is 25.9 Å². The lowest BCUT2D eigenvalue weighted by atomic mass is 9.71. The van der Waals surface area contributed by atoms with Crippen molar-refractivity contribution in [1.82, 2.24) is 9.88 Å². The molecule has 174 valence electrons. The Bertz CT molecular complexity index is 943. The largest absolute Gasteiger partial charge is 0.508 e. The second kappa shape index (κ2) is 9.10. The minimum absolute atomic E-state index is 0.0243. The summed E-state index contributed by atoms with van der Waals surface area (Å²) in [5.41, 5.74) is 6.03. The highest BCUT2D eigenvalue weighted by Crippen LogP contribution is 2.67. The van der Waals surface area contributed by atoms with Crippen LogP contribution < -0.4 is 5.73 Å². The van der Waals surface area contributed by atoms with E-state index in [1.54, 1.807) is 30.3 Å². The number of nitrogens with two attached hydrogens (primary N) is 1. The molecule has 1 heterocycles. The van der Waals surface area contributed by atoms with Crippen molar-refractivity contribution in [3.05, 3.63) is 59.4 Å². The van der Waals surface area contributed by atoms with Crippen LogP contribution >= 0.6 is 0 Å². The number of phenols is 1. The first kappa shape index (κ1) is 24.0. The standard InChI is InChI=1S/C24H30F3N3O2/c1-15-11-19(31)7-6-16(15)12-18(30(2)3)13-20(22(28)32)21(17-5-4-10-29-14-17)23(8-9-23)24(25,26)27/h4-7,10-11,14,18,20-21,31H,8-9,12-13H2,1-3H3,(H2,28,32)/t18-,20?,21?/m1/s1. The number of aryl methyl sites for hydroxylation is 1. The molecule has 0 aliphatic heterocycles. The maximum absolute atomic E-state index is 14.2. The van der Waals surface area contributed by atoms with Gasteiger partial charge in [0.25, 0.3) is 0 Å². The topological polar surface area (TPSA) is 79.5 Å². The van der Waals surface area contributed by atoms with Gasteiger partial charge in [-0.2, -0.15) is 13.2 Å². The van der Waals surface area contributed by atoms with Gasteiger partial charge in [0.2, 0.25) is 5.91 Å². The van der Waals surface area contributed by atoms with Gasteiger partial charge in [0.1, 0.15) is 5.75 Å². The molecule has 1 aliphatic rings. The fraction of sp³-hybridized carbons (Fsp3) is 0.500. The molecule has 2 unspecified atom stereocenters. The smallest absolute Gasteiger partial charge is 0.395 e. The van der Waals surface area contributed by atoms with Crippen LogP contribution in [0.3, 0.4) is 0 Å². The number of halogens is 3. The summed E-state index contributed by atoms with van der Waals surface area (Å²) in [6.07, 6.45) is -0.873. The lowest BCUT2D eigenvalue weighted by molar-refractivity contribution is -0.198. The van der Waals surface area contributed by atoms with E-state index in [1.165, 1.54) is 12.4 Å². The number of carbonyl (C=O) groups is 1. The van der Waals surface area contributed by atoms with Gasteiger partial charge in [-0.1, -0.05) is 12.1 Å². The van der Waals surface area contributed by atoms with E-state index in [0.29, 0.717) is 12.0 Å². The van der Waals surface area contributed by atoms with Gasteiger partial charge in [-0.3, -0.25) is 9.78 Å². The second-order valence-electron chi connectivity index (χ2n) is 9.09. The maximum atomic E-state index is 14.2. The molecule has 1 aliphatic carbocycles. The number of amides is 1. The van der Waals surface area contributed by atoms with Gasteiger partial charge in [-0.05, 0) is 81.6 Å². The summed E-state index contributed by atoms with van der Waals surface area (Å²) in [6, 6.07) is 8.01. The summed E-state index contributed by atoms with van der Waals surface area (Å²) in [6.45, 7) is 1.87. The Balaban J connectivity index is 1.98. The Morgan fingerprint density at radius 2 is 1.97 bits per heavy atom. The van der Waals surface area contributed by atoms with Crippen molar-refractivity contribution in [2.75, 3.05) is 14.1 Å². The molecule has 1 fully saturated rings. The molecule has 3 rings (SSSR count). The Kier molecular flexibility index (Phi) is 6.83. The van der Waals surface area contributed by atoms with E-state index < -0.39 is 29.3 Å². The van der Waals surface area contributed by atoms with Crippen molar-refractivity contribution in [2.45, 2.75) is 50.7 Å². The highest BCUT2D eigenvalue weighted by atomic mass is 19.4. The number of alkyl halides is 3. The molecular weight excluding hydrogens is 419 g/mol. The molecule has 1 aromatic heterocycles. The van der Waals surface area contributed by atoms with Gasteiger partial charge in [0, 0.05) is 30.3 Å². The molecule has 3 N–H and O–H groups in total. The molecule has 32 heavy (non-hydrogen) atoms. The number of pyridine rings is 1. The summed E-state index contributed by atoms with van der Waals surface area (Å²) in [5, 5.41) is 9.69. The molecule has 3 atom stereocenters. The van der Waals surface area contributed by atoms with Crippen molar-refractivity contribution in [2.24, 2.45) is 17.1 Å². The average molecular weight is 450 g/mol. The van der Waals surface area contributed by atoms with E-state index in [4.69, 9.17) is 5.73 Å². The van der Waals surface area contributed by atoms with Gasteiger partial charge in [0.05, 0.1) is 5.41 Å². The van der Waals surface area contributed by atoms with Gasteiger partial charge in [0.15, 0.2) is 0 Å². The van der Waals surface area contributed by atoms with Gasteiger partial charge >= 0.3 is 6.18 Å². The van der Waals surface area contributed by atoms with Crippen molar-refractivity contribution < 1.29 is 23.1 Å². The number of carbonyl (C=O) groups excluding carboxylic acids is 1. The summed E-state index contributed by atoms with van der Waals surface area (Å²) < 4.78 is 42.5. The van der Waals surface area contributed by atoms with E-state index in [9.17, 15) is 23.1 Å². The molecule has 1 amide bonds. The van der Waals surface area contributed by atoms with Crippen LogP contribution in [0.4, 0.5) is 13.2 Å². The van der Waals surface area contributed by atoms with Crippen molar-refractivity contribution in [1.29, 1.82) is 0 Å². The van der Waals surface area contributed by atoms with Crippen LogP contribution in [0.1, 0.15) is 41.9 Å². The number of hydrogen-bond acceptors (Lipinski definition) is 4. The summed E-state index contributed by atoms with van der Waals surface area (Å²) in [5.74, 6) is -2.67. The zero-order chi connectivity index (χ0) is 23.7. The third-order valence-corrected chi connectivity index (χ3v) is 6.80. The van der Waals surface area contributed by atoms with Crippen molar-refractivity contribution in [3.8, 4) is 5.75 Å². The molecular formula is C24H30F3N3O2. The van der Waals surface area contributed by atoms with E-state index >= 15 is 0 Å². The highest BCUT2D eigenvalue weighted by Gasteiger charge is 2.69. The van der Waals surface area contributed by atoms with Crippen LogP contribution in [0.15, 0.2) is 42.7 Å². The predicted molar refractivity (Wildman–Crippen MR) is 116 cm³/mol. The van der Waals surface area contributed by atoms with Crippen molar-refractivity contribution in [3.63, 3.8) is 0 Å². The molecule has 2 aromatic rings. The number of aromatic nitrogens is 1. The van der Waals surface area contributed by atoms with E-state index in [2.05, 4.69) is 4.98 Å². The lowest BCUT2D eigenvalue weighted by Crippen LogP contribution is -2.43. The zero-order valence-corrected chi connectivity index (χ0v) is 18.6. The highest BCUT2D eigenvalue weighted by molar-refractivity contribution is 5.78. The summed E-state index contributed by atoms with van der Waals surface area (Å²) in [4.78, 5) is 18.6. The van der Waals surface area contributed by atoms with Gasteiger partial charge in [-0.15, -0.1) is 0 Å². The number of primary amides is 1. The number of likely N-dealkylation sites (N-methyl/N-ethyl adjacent to an activating group) is 1. The van der Waals surface area contributed by atoms with Crippen LogP contribution in [-0.4, -0.2) is 47.2 Å². The first-order chi connectivity index (χ1) is 15.0. The maximum Gasteiger partial charge on any atom is 0.395 e. The van der Waals surface area contributed by atoms with Gasteiger partial charge < -0.3 is 15.7 Å². The van der Waals surface area contributed by atoms with Crippen LogP contribution in [0.25, 0.3) is 0 Å². The van der Waals surface area contributed by atoms with E-state index in [0.717, 1.165) is 11.1 Å². The van der Waals surface area contributed by atoms with E-state index in [-0.39, 0.29) is 31.1 Å². The molecule has 0 saturated heterocycles. The number of phenolic OH excluding ortho intramolecular Hbond substituents is 1. The molecule has 1 aromatic carbocycles. The third kappa shape index (κ3) is 4.90. The van der Waals surface area contributed by atoms with Crippen LogP contribution in [0.2, 0.25) is 0 Å². The fourth-order valence-electron chi connectivity index (χ4n) is 4.75.